The van der Waals surface area contributed by atoms with Gasteiger partial charge in [-0.2, -0.15) is 0 Å². The molecule has 2 unspecified atom stereocenters. The Balaban J connectivity index is 3.41. The minimum atomic E-state index is -0.659. The summed E-state index contributed by atoms with van der Waals surface area (Å²) in [5.74, 6) is -0.0242. The number of unbranched alkanes of at least 4 members (excludes halogenated alkanes) is 46. The van der Waals surface area contributed by atoms with E-state index < -0.39 is 12.1 Å². The molecule has 3 N–H and O–H groups in total. The second-order valence-corrected chi connectivity index (χ2v) is 21.8. The first kappa shape index (κ1) is 67.6. The van der Waals surface area contributed by atoms with Crippen molar-refractivity contribution >= 4 is 5.91 Å². The zero-order valence-corrected chi connectivity index (χ0v) is 47.1. The van der Waals surface area contributed by atoms with Crippen LogP contribution in [0.1, 0.15) is 354 Å². The standard InChI is InChI=1S/C65H125NO3/c1-3-5-7-9-11-13-15-17-19-21-23-25-27-28-29-30-31-32-33-34-35-36-37-38-39-41-43-45-47-49-51-53-55-57-59-61-65(69)66-63(62-67)64(68)60-58-56-54-52-50-48-46-44-42-40-26-24-22-20-18-16-14-12-10-8-6-4-2/h15,17,21,23,27-28,63-64,67-68H,3-14,16,18-20,22,24-26,29-62H2,1-2H3,(H,66,69)/b17-15-,23-21-,28-27-. The van der Waals surface area contributed by atoms with Gasteiger partial charge in [0.2, 0.25) is 5.91 Å². The van der Waals surface area contributed by atoms with Crippen molar-refractivity contribution in [2.75, 3.05) is 6.61 Å². The molecule has 4 nitrogen and oxygen atoms in total. The molecule has 0 aromatic rings. The van der Waals surface area contributed by atoms with Crippen LogP contribution in [0.2, 0.25) is 0 Å². The molecule has 0 aliphatic rings. The van der Waals surface area contributed by atoms with E-state index in [2.05, 4.69) is 55.6 Å². The van der Waals surface area contributed by atoms with Crippen LogP contribution in [0.3, 0.4) is 0 Å². The fraction of sp³-hybridized carbons (Fsp3) is 0.892. The van der Waals surface area contributed by atoms with Gasteiger partial charge in [0.25, 0.3) is 0 Å². The number of rotatable bonds is 59. The molecule has 0 radical (unpaired) electrons. The van der Waals surface area contributed by atoms with Crippen LogP contribution in [0, 0.1) is 0 Å². The van der Waals surface area contributed by atoms with E-state index in [4.69, 9.17) is 0 Å². The Kier molecular flexibility index (Phi) is 59.7. The van der Waals surface area contributed by atoms with Crippen LogP contribution in [0.15, 0.2) is 36.5 Å². The lowest BCUT2D eigenvalue weighted by atomic mass is 10.0. The fourth-order valence-electron chi connectivity index (χ4n) is 10.1. The maximum atomic E-state index is 12.5. The number of carbonyl (C=O) groups excluding carboxylic acids is 1. The van der Waals surface area contributed by atoms with Gasteiger partial charge in [-0.1, -0.05) is 333 Å². The Bertz CT molecular complexity index is 1050. The smallest absolute Gasteiger partial charge is 0.220 e. The predicted molar refractivity (Wildman–Crippen MR) is 308 cm³/mol. The summed E-state index contributed by atoms with van der Waals surface area (Å²) >= 11 is 0. The quantitative estimate of drug-likeness (QED) is 0.0420. The summed E-state index contributed by atoms with van der Waals surface area (Å²) in [4.78, 5) is 12.5. The highest BCUT2D eigenvalue weighted by molar-refractivity contribution is 5.76. The molecule has 0 aromatic carbocycles. The van der Waals surface area contributed by atoms with Crippen LogP contribution in [-0.4, -0.2) is 34.9 Å². The third kappa shape index (κ3) is 57.4. The molecule has 69 heavy (non-hydrogen) atoms. The van der Waals surface area contributed by atoms with Crippen molar-refractivity contribution in [1.82, 2.24) is 5.32 Å². The van der Waals surface area contributed by atoms with Gasteiger partial charge in [-0.05, 0) is 51.4 Å². The van der Waals surface area contributed by atoms with Crippen LogP contribution in [0.4, 0.5) is 0 Å². The van der Waals surface area contributed by atoms with Crippen molar-refractivity contribution in [1.29, 1.82) is 0 Å². The Hall–Kier alpha value is -1.39. The Morgan fingerprint density at radius 1 is 0.348 bits per heavy atom. The van der Waals surface area contributed by atoms with Crippen LogP contribution in [-0.2, 0) is 4.79 Å². The summed E-state index contributed by atoms with van der Waals surface area (Å²) in [6, 6.07) is -0.536. The summed E-state index contributed by atoms with van der Waals surface area (Å²) in [6.45, 7) is 4.38. The van der Waals surface area contributed by atoms with Gasteiger partial charge in [0.15, 0.2) is 0 Å². The number of carbonyl (C=O) groups is 1. The predicted octanol–water partition coefficient (Wildman–Crippen LogP) is 21.2. The zero-order valence-electron chi connectivity index (χ0n) is 47.1. The highest BCUT2D eigenvalue weighted by Gasteiger charge is 2.20. The molecule has 0 saturated carbocycles. The van der Waals surface area contributed by atoms with Gasteiger partial charge < -0.3 is 15.5 Å². The molecule has 0 bridgehead atoms. The molecule has 0 rings (SSSR count). The molecule has 4 heteroatoms. The van der Waals surface area contributed by atoms with Gasteiger partial charge in [-0.25, -0.2) is 0 Å². The number of aliphatic hydroxyl groups excluding tert-OH is 2. The van der Waals surface area contributed by atoms with Crippen molar-refractivity contribution in [2.45, 2.75) is 366 Å². The minimum absolute atomic E-state index is 0.0242. The van der Waals surface area contributed by atoms with Crippen molar-refractivity contribution in [3.05, 3.63) is 36.5 Å². The van der Waals surface area contributed by atoms with E-state index in [9.17, 15) is 15.0 Å². The first-order chi connectivity index (χ1) is 34.2. The summed E-state index contributed by atoms with van der Waals surface area (Å²) in [7, 11) is 0. The summed E-state index contributed by atoms with van der Waals surface area (Å²) < 4.78 is 0. The van der Waals surface area contributed by atoms with Crippen LogP contribution >= 0.6 is 0 Å². The van der Waals surface area contributed by atoms with E-state index in [0.29, 0.717) is 12.8 Å². The molecule has 408 valence electrons. The zero-order chi connectivity index (χ0) is 49.9. The first-order valence-electron chi connectivity index (χ1n) is 31.7. The topological polar surface area (TPSA) is 69.6 Å². The average Bonchev–Trinajstić information content (AvgIpc) is 3.35. The molecular weight excluding hydrogens is 843 g/mol. The molecule has 0 saturated heterocycles. The molecule has 0 spiro atoms. The lowest BCUT2D eigenvalue weighted by Gasteiger charge is -2.22. The third-order valence-electron chi connectivity index (χ3n) is 14.9. The molecular formula is C65H125NO3. The highest BCUT2D eigenvalue weighted by atomic mass is 16.3. The first-order valence-corrected chi connectivity index (χ1v) is 31.7. The molecule has 0 aliphatic carbocycles. The van der Waals surface area contributed by atoms with Crippen LogP contribution in [0.5, 0.6) is 0 Å². The van der Waals surface area contributed by atoms with E-state index >= 15 is 0 Å². The van der Waals surface area contributed by atoms with Crippen LogP contribution in [0.25, 0.3) is 0 Å². The molecule has 0 aliphatic heterocycles. The molecule has 0 aromatic heterocycles. The van der Waals surface area contributed by atoms with Gasteiger partial charge in [0.05, 0.1) is 18.8 Å². The van der Waals surface area contributed by atoms with Gasteiger partial charge in [0, 0.05) is 6.42 Å². The molecule has 2 atom stereocenters. The number of aliphatic hydroxyl groups is 2. The largest absolute Gasteiger partial charge is 0.394 e. The van der Waals surface area contributed by atoms with Crippen LogP contribution < -0.4 is 5.32 Å². The minimum Gasteiger partial charge on any atom is -0.394 e. The maximum Gasteiger partial charge on any atom is 0.220 e. The fourth-order valence-corrected chi connectivity index (χ4v) is 10.1. The van der Waals surface area contributed by atoms with E-state index in [1.54, 1.807) is 0 Å². The highest BCUT2D eigenvalue weighted by Crippen LogP contribution is 2.18. The van der Waals surface area contributed by atoms with Crippen molar-refractivity contribution in [3.63, 3.8) is 0 Å². The Morgan fingerprint density at radius 3 is 0.884 bits per heavy atom. The van der Waals surface area contributed by atoms with Crippen molar-refractivity contribution in [2.24, 2.45) is 0 Å². The number of hydrogen-bond donors (Lipinski definition) is 3. The second-order valence-electron chi connectivity index (χ2n) is 21.8. The molecule has 1 amide bonds. The van der Waals surface area contributed by atoms with Gasteiger partial charge in [0.1, 0.15) is 0 Å². The van der Waals surface area contributed by atoms with E-state index in [1.807, 2.05) is 0 Å². The maximum absolute atomic E-state index is 12.5. The SMILES string of the molecule is CCCCCCC/C=C\C/C=C\C/C=C\CCCCCCCCCCCCCCCCCCCCCCC(=O)NC(CO)C(O)CCCCCCCCCCCCCCCCCCCCCCCC. The van der Waals surface area contributed by atoms with E-state index in [1.165, 1.54) is 289 Å². The number of nitrogens with one attached hydrogen (secondary N) is 1. The summed E-state index contributed by atoms with van der Waals surface area (Å²) in [6.07, 6.45) is 83.1. The summed E-state index contributed by atoms with van der Waals surface area (Å²) in [5, 5.41) is 23.4. The van der Waals surface area contributed by atoms with E-state index in [0.717, 1.165) is 38.5 Å². The summed E-state index contributed by atoms with van der Waals surface area (Å²) in [5.41, 5.74) is 0. The number of allylic oxidation sites excluding steroid dienone is 6. The Labute approximate surface area is 433 Å². The van der Waals surface area contributed by atoms with Gasteiger partial charge >= 0.3 is 0 Å². The lowest BCUT2D eigenvalue weighted by molar-refractivity contribution is -0.123. The Morgan fingerprint density at radius 2 is 0.594 bits per heavy atom. The average molecular weight is 969 g/mol. The van der Waals surface area contributed by atoms with Gasteiger partial charge in [-0.3, -0.25) is 4.79 Å². The third-order valence-corrected chi connectivity index (χ3v) is 14.9. The van der Waals surface area contributed by atoms with E-state index in [-0.39, 0.29) is 12.5 Å². The van der Waals surface area contributed by atoms with Crippen molar-refractivity contribution < 1.29 is 15.0 Å². The number of hydrogen-bond acceptors (Lipinski definition) is 3. The normalized spacial score (nSPS) is 12.9. The monoisotopic (exact) mass is 968 g/mol. The lowest BCUT2D eigenvalue weighted by Crippen LogP contribution is -2.45. The van der Waals surface area contributed by atoms with Gasteiger partial charge in [-0.15, -0.1) is 0 Å². The molecule has 0 fully saturated rings. The molecule has 0 heterocycles. The van der Waals surface area contributed by atoms with Crippen molar-refractivity contribution in [3.8, 4) is 0 Å². The number of amides is 1. The second kappa shape index (κ2) is 60.9.